The first-order chi connectivity index (χ1) is 9.08. The highest BCUT2D eigenvalue weighted by Gasteiger charge is 2.08. The number of ether oxygens (including phenoxy) is 1. The van der Waals surface area contributed by atoms with E-state index in [4.69, 9.17) is 4.74 Å². The molecule has 0 aliphatic heterocycles. The summed E-state index contributed by atoms with van der Waals surface area (Å²) in [7, 11) is 0. The van der Waals surface area contributed by atoms with Crippen LogP contribution in [-0.4, -0.2) is 22.1 Å². The molecule has 0 fully saturated rings. The van der Waals surface area contributed by atoms with Crippen molar-refractivity contribution in [3.8, 4) is 0 Å². The third-order valence-electron chi connectivity index (χ3n) is 2.81. The second-order valence-electron chi connectivity index (χ2n) is 4.20. The van der Waals surface area contributed by atoms with Crippen LogP contribution in [0.5, 0.6) is 0 Å². The zero-order valence-electron chi connectivity index (χ0n) is 10.5. The summed E-state index contributed by atoms with van der Waals surface area (Å²) in [6, 6.07) is 6.62. The van der Waals surface area contributed by atoms with E-state index >= 15 is 0 Å². The Morgan fingerprint density at radius 3 is 2.89 bits per heavy atom. The monoisotopic (exact) mass is 262 g/mol. The number of hydrogen-bond donors (Lipinski definition) is 0. The molecule has 0 atom stereocenters. The van der Waals surface area contributed by atoms with Crippen molar-refractivity contribution in [3.63, 3.8) is 0 Å². The average molecular weight is 262 g/mol. The molecular weight excluding hydrogens is 248 g/mol. The van der Waals surface area contributed by atoms with Crippen molar-refractivity contribution in [2.24, 2.45) is 0 Å². The smallest absolute Gasteiger partial charge is 0.302 e. The van der Waals surface area contributed by atoms with Gasteiger partial charge in [-0.15, -0.1) is 0 Å². The lowest BCUT2D eigenvalue weighted by Gasteiger charge is -2.05. The van der Waals surface area contributed by atoms with E-state index in [9.17, 15) is 14.9 Å². The van der Waals surface area contributed by atoms with E-state index in [1.54, 1.807) is 12.1 Å². The van der Waals surface area contributed by atoms with Crippen molar-refractivity contribution in [1.82, 2.24) is 4.57 Å². The van der Waals surface area contributed by atoms with Crippen LogP contribution in [0.4, 0.5) is 5.69 Å². The summed E-state index contributed by atoms with van der Waals surface area (Å²) in [5.41, 5.74) is 1.03. The Balaban J connectivity index is 2.08. The SMILES string of the molecule is CC(=O)OCCCn1ccc2cc([N+](=O)[O-])ccc21. The number of nitrogens with zero attached hydrogens (tertiary/aromatic N) is 2. The number of carbonyl (C=O) groups excluding carboxylic acids is 1. The Hall–Kier alpha value is -2.37. The van der Waals surface area contributed by atoms with Gasteiger partial charge < -0.3 is 9.30 Å². The minimum Gasteiger partial charge on any atom is -0.466 e. The van der Waals surface area contributed by atoms with Crippen molar-refractivity contribution in [1.29, 1.82) is 0 Å². The second-order valence-corrected chi connectivity index (χ2v) is 4.20. The maximum atomic E-state index is 10.7. The first-order valence-corrected chi connectivity index (χ1v) is 5.94. The van der Waals surface area contributed by atoms with Gasteiger partial charge in [0.1, 0.15) is 0 Å². The van der Waals surface area contributed by atoms with Gasteiger partial charge in [0.2, 0.25) is 0 Å². The number of esters is 1. The quantitative estimate of drug-likeness (QED) is 0.359. The van der Waals surface area contributed by atoms with Gasteiger partial charge >= 0.3 is 5.97 Å². The Morgan fingerprint density at radius 1 is 1.42 bits per heavy atom. The van der Waals surface area contributed by atoms with Crippen LogP contribution in [0.25, 0.3) is 10.9 Å². The third kappa shape index (κ3) is 3.09. The highest BCUT2D eigenvalue weighted by Crippen LogP contribution is 2.22. The van der Waals surface area contributed by atoms with Crippen LogP contribution in [0.2, 0.25) is 0 Å². The molecule has 0 bridgehead atoms. The summed E-state index contributed by atoms with van der Waals surface area (Å²) in [6.45, 7) is 2.46. The fourth-order valence-electron chi connectivity index (χ4n) is 1.95. The summed E-state index contributed by atoms with van der Waals surface area (Å²) in [4.78, 5) is 20.9. The highest BCUT2D eigenvalue weighted by molar-refractivity contribution is 5.82. The van der Waals surface area contributed by atoms with Gasteiger partial charge in [0.05, 0.1) is 11.5 Å². The van der Waals surface area contributed by atoms with E-state index in [1.807, 2.05) is 16.8 Å². The molecule has 100 valence electrons. The fraction of sp³-hybridized carbons (Fsp3) is 0.308. The van der Waals surface area contributed by atoms with Gasteiger partial charge in [-0.05, 0) is 18.6 Å². The van der Waals surface area contributed by atoms with Gasteiger partial charge in [-0.2, -0.15) is 0 Å². The minimum absolute atomic E-state index is 0.0881. The largest absolute Gasteiger partial charge is 0.466 e. The van der Waals surface area contributed by atoms with Gasteiger partial charge in [0.15, 0.2) is 0 Å². The van der Waals surface area contributed by atoms with E-state index in [0.29, 0.717) is 19.6 Å². The first kappa shape index (κ1) is 13.1. The van der Waals surface area contributed by atoms with E-state index in [2.05, 4.69) is 0 Å². The fourth-order valence-corrected chi connectivity index (χ4v) is 1.95. The molecule has 0 aliphatic rings. The molecule has 0 aliphatic carbocycles. The van der Waals surface area contributed by atoms with Crippen LogP contribution in [0.3, 0.4) is 0 Å². The van der Waals surface area contributed by atoms with Crippen LogP contribution in [0.15, 0.2) is 30.5 Å². The minimum atomic E-state index is -0.405. The molecule has 2 aromatic rings. The lowest BCUT2D eigenvalue weighted by atomic mass is 10.2. The van der Waals surface area contributed by atoms with Gasteiger partial charge in [0.25, 0.3) is 5.69 Å². The predicted octanol–water partition coefficient (Wildman–Crippen LogP) is 2.50. The number of benzene rings is 1. The Bertz CT molecular complexity index is 618. The molecule has 0 amide bonds. The van der Waals surface area contributed by atoms with Crippen LogP contribution in [0.1, 0.15) is 13.3 Å². The number of carbonyl (C=O) groups is 1. The van der Waals surface area contributed by atoms with Crippen LogP contribution in [-0.2, 0) is 16.1 Å². The maximum Gasteiger partial charge on any atom is 0.302 e. The number of fused-ring (bicyclic) bond motifs is 1. The second kappa shape index (κ2) is 5.51. The van der Waals surface area contributed by atoms with Crippen molar-refractivity contribution in [2.75, 3.05) is 6.61 Å². The molecule has 19 heavy (non-hydrogen) atoms. The van der Waals surface area contributed by atoms with Crippen molar-refractivity contribution < 1.29 is 14.5 Å². The molecule has 0 radical (unpaired) electrons. The van der Waals surface area contributed by atoms with Crippen LogP contribution in [0, 0.1) is 10.1 Å². The third-order valence-corrected chi connectivity index (χ3v) is 2.81. The summed E-state index contributed by atoms with van der Waals surface area (Å²) in [5.74, 6) is -0.284. The van der Waals surface area contributed by atoms with E-state index in [0.717, 1.165) is 10.9 Å². The molecular formula is C13H14N2O4. The Kier molecular flexibility index (Phi) is 3.79. The van der Waals surface area contributed by atoms with Crippen molar-refractivity contribution >= 4 is 22.6 Å². The molecule has 0 N–H and O–H groups in total. The summed E-state index contributed by atoms with van der Waals surface area (Å²) >= 11 is 0. The number of hydrogen-bond acceptors (Lipinski definition) is 4. The average Bonchev–Trinajstić information content (AvgIpc) is 2.76. The molecule has 6 heteroatoms. The Labute approximate surface area is 109 Å². The molecule has 0 saturated heterocycles. The zero-order valence-corrected chi connectivity index (χ0v) is 10.5. The Morgan fingerprint density at radius 2 is 2.21 bits per heavy atom. The zero-order chi connectivity index (χ0) is 13.8. The van der Waals surface area contributed by atoms with Gasteiger partial charge in [0, 0.05) is 42.7 Å². The van der Waals surface area contributed by atoms with Crippen molar-refractivity contribution in [3.05, 3.63) is 40.6 Å². The van der Waals surface area contributed by atoms with Crippen LogP contribution >= 0.6 is 0 Å². The van der Waals surface area contributed by atoms with E-state index in [-0.39, 0.29) is 11.7 Å². The number of nitro benzene ring substituents is 1. The molecule has 1 aromatic carbocycles. The summed E-state index contributed by atoms with van der Waals surface area (Å²) in [5, 5.41) is 11.5. The summed E-state index contributed by atoms with van der Waals surface area (Å²) in [6.07, 6.45) is 2.59. The van der Waals surface area contributed by atoms with Gasteiger partial charge in [-0.1, -0.05) is 0 Å². The number of rotatable bonds is 5. The van der Waals surface area contributed by atoms with Gasteiger partial charge in [-0.3, -0.25) is 14.9 Å². The van der Waals surface area contributed by atoms with E-state index in [1.165, 1.54) is 13.0 Å². The molecule has 0 unspecified atom stereocenters. The standard InChI is InChI=1S/C13H14N2O4/c1-10(16)19-8-2-6-14-7-5-11-9-12(15(17)18)3-4-13(11)14/h3-5,7,9H,2,6,8H2,1H3. The van der Waals surface area contributed by atoms with E-state index < -0.39 is 4.92 Å². The number of nitro groups is 1. The molecule has 0 spiro atoms. The summed E-state index contributed by atoms with van der Waals surface area (Å²) < 4.78 is 6.85. The molecule has 1 aromatic heterocycles. The van der Waals surface area contributed by atoms with Gasteiger partial charge in [-0.25, -0.2) is 0 Å². The number of aryl methyl sites for hydroxylation is 1. The maximum absolute atomic E-state index is 10.7. The predicted molar refractivity (Wildman–Crippen MR) is 69.8 cm³/mol. The first-order valence-electron chi connectivity index (χ1n) is 5.94. The molecule has 6 nitrogen and oxygen atoms in total. The lowest BCUT2D eigenvalue weighted by molar-refractivity contribution is -0.384. The van der Waals surface area contributed by atoms with Crippen molar-refractivity contribution in [2.45, 2.75) is 19.9 Å². The highest BCUT2D eigenvalue weighted by atomic mass is 16.6. The number of aromatic nitrogens is 1. The lowest BCUT2D eigenvalue weighted by Crippen LogP contribution is -2.04. The molecule has 0 saturated carbocycles. The topological polar surface area (TPSA) is 74.4 Å². The molecule has 1 heterocycles. The normalized spacial score (nSPS) is 10.6. The van der Waals surface area contributed by atoms with Crippen LogP contribution < -0.4 is 0 Å². The molecule has 2 rings (SSSR count). The number of non-ortho nitro benzene ring substituents is 1.